The number of methoxy groups -OCH3 is 1. The summed E-state index contributed by atoms with van der Waals surface area (Å²) in [5, 5.41) is 9.21. The lowest BCUT2D eigenvalue weighted by atomic mass is 9.97. The minimum atomic E-state index is 0.325. The summed E-state index contributed by atoms with van der Waals surface area (Å²) in [4.78, 5) is 2.45. The molecule has 0 radical (unpaired) electrons. The van der Waals surface area contributed by atoms with Crippen LogP contribution in [0.25, 0.3) is 0 Å². The maximum atomic E-state index is 9.21. The number of nitrogens with zero attached hydrogens (tertiary/aromatic N) is 1. The zero-order valence-electron chi connectivity index (χ0n) is 13.9. The van der Waals surface area contributed by atoms with E-state index in [9.17, 15) is 5.11 Å². The van der Waals surface area contributed by atoms with Gasteiger partial charge in [0.2, 0.25) is 0 Å². The molecule has 1 heterocycles. The average Bonchev–Trinajstić information content (AvgIpc) is 2.56. The van der Waals surface area contributed by atoms with Gasteiger partial charge in [-0.15, -0.1) is 0 Å². The molecule has 0 aromatic heterocycles. The van der Waals surface area contributed by atoms with Crippen molar-refractivity contribution in [3.63, 3.8) is 0 Å². The van der Waals surface area contributed by atoms with Crippen LogP contribution >= 0.6 is 0 Å². The normalized spacial score (nSPS) is 16.7. The van der Waals surface area contributed by atoms with Crippen molar-refractivity contribution < 1.29 is 14.6 Å². The first-order valence-corrected chi connectivity index (χ1v) is 8.39. The monoisotopic (exact) mass is 307 g/mol. The summed E-state index contributed by atoms with van der Waals surface area (Å²) in [5.41, 5.74) is 1.26. The lowest BCUT2D eigenvalue weighted by molar-refractivity contribution is 0.127. The van der Waals surface area contributed by atoms with Gasteiger partial charge in [0.05, 0.1) is 13.7 Å². The lowest BCUT2D eigenvalue weighted by Crippen LogP contribution is -2.34. The fourth-order valence-corrected chi connectivity index (χ4v) is 2.84. The van der Waals surface area contributed by atoms with Crippen molar-refractivity contribution >= 4 is 0 Å². The Kier molecular flexibility index (Phi) is 7.00. The van der Waals surface area contributed by atoms with E-state index in [1.165, 1.54) is 5.56 Å². The SMILES string of the molecule is CCCCOc1cc(CN2CCC(CO)CC2)ccc1OC. The molecule has 1 aromatic rings. The van der Waals surface area contributed by atoms with Gasteiger partial charge in [0, 0.05) is 13.2 Å². The van der Waals surface area contributed by atoms with E-state index >= 15 is 0 Å². The summed E-state index contributed by atoms with van der Waals surface area (Å²) in [6, 6.07) is 6.22. The van der Waals surface area contributed by atoms with Crippen LogP contribution in [0.1, 0.15) is 38.2 Å². The van der Waals surface area contributed by atoms with Crippen molar-refractivity contribution in [3.05, 3.63) is 23.8 Å². The van der Waals surface area contributed by atoms with Crippen LogP contribution in [0, 0.1) is 5.92 Å². The average molecular weight is 307 g/mol. The Morgan fingerprint density at radius 3 is 2.64 bits per heavy atom. The predicted molar refractivity (Wildman–Crippen MR) is 88.5 cm³/mol. The van der Waals surface area contributed by atoms with Crippen LogP contribution in [0.4, 0.5) is 0 Å². The number of aliphatic hydroxyl groups is 1. The molecule has 0 spiro atoms. The molecule has 0 aliphatic carbocycles. The third kappa shape index (κ3) is 4.89. The summed E-state index contributed by atoms with van der Waals surface area (Å²) in [5.74, 6) is 2.14. The molecule has 1 aromatic carbocycles. The van der Waals surface area contributed by atoms with E-state index in [-0.39, 0.29) is 0 Å². The van der Waals surface area contributed by atoms with Crippen molar-refractivity contribution in [2.45, 2.75) is 39.2 Å². The number of likely N-dealkylation sites (tertiary alicyclic amines) is 1. The first kappa shape index (κ1) is 17.1. The zero-order valence-corrected chi connectivity index (χ0v) is 13.9. The molecule has 22 heavy (non-hydrogen) atoms. The topological polar surface area (TPSA) is 41.9 Å². The molecule has 124 valence electrons. The standard InChI is InChI=1S/C18H29NO3/c1-3-4-11-22-18-12-16(5-6-17(18)21-2)13-19-9-7-15(14-20)8-10-19/h5-6,12,15,20H,3-4,7-11,13-14H2,1-2H3. The fourth-order valence-electron chi connectivity index (χ4n) is 2.84. The van der Waals surface area contributed by atoms with Gasteiger partial charge in [-0.1, -0.05) is 19.4 Å². The third-order valence-electron chi connectivity index (χ3n) is 4.36. The van der Waals surface area contributed by atoms with Gasteiger partial charge in [-0.25, -0.2) is 0 Å². The third-order valence-corrected chi connectivity index (χ3v) is 4.36. The van der Waals surface area contributed by atoms with E-state index < -0.39 is 0 Å². The number of ether oxygens (including phenoxy) is 2. The number of unbranched alkanes of at least 4 members (excludes halogenated alkanes) is 1. The zero-order chi connectivity index (χ0) is 15.8. The summed E-state index contributed by atoms with van der Waals surface area (Å²) < 4.78 is 11.2. The Morgan fingerprint density at radius 2 is 2.00 bits per heavy atom. The largest absolute Gasteiger partial charge is 0.493 e. The summed E-state index contributed by atoms with van der Waals surface area (Å²) in [7, 11) is 1.68. The number of hydrogen-bond donors (Lipinski definition) is 1. The van der Waals surface area contributed by atoms with Crippen molar-refractivity contribution in [2.24, 2.45) is 5.92 Å². The maximum Gasteiger partial charge on any atom is 0.161 e. The van der Waals surface area contributed by atoms with Gasteiger partial charge in [-0.3, -0.25) is 4.90 Å². The molecule has 1 N–H and O–H groups in total. The first-order valence-electron chi connectivity index (χ1n) is 8.39. The number of benzene rings is 1. The van der Waals surface area contributed by atoms with Crippen molar-refractivity contribution in [3.8, 4) is 11.5 Å². The molecule has 1 aliphatic rings. The van der Waals surface area contributed by atoms with E-state index in [1.54, 1.807) is 7.11 Å². The van der Waals surface area contributed by atoms with E-state index in [4.69, 9.17) is 9.47 Å². The Bertz CT molecular complexity index is 442. The second-order valence-corrected chi connectivity index (χ2v) is 6.09. The molecular formula is C18H29NO3. The van der Waals surface area contributed by atoms with E-state index in [1.807, 2.05) is 6.07 Å². The lowest BCUT2D eigenvalue weighted by Gasteiger charge is -2.31. The molecule has 1 saturated heterocycles. The Morgan fingerprint density at radius 1 is 1.23 bits per heavy atom. The number of hydrogen-bond acceptors (Lipinski definition) is 4. The van der Waals surface area contributed by atoms with E-state index in [0.717, 1.165) is 63.4 Å². The second-order valence-electron chi connectivity index (χ2n) is 6.09. The molecule has 0 unspecified atom stereocenters. The highest BCUT2D eigenvalue weighted by atomic mass is 16.5. The highest BCUT2D eigenvalue weighted by molar-refractivity contribution is 5.43. The van der Waals surface area contributed by atoms with Crippen LogP contribution in [0.15, 0.2) is 18.2 Å². The Balaban J connectivity index is 1.94. The molecule has 0 atom stereocenters. The van der Waals surface area contributed by atoms with Crippen molar-refractivity contribution in [1.82, 2.24) is 4.90 Å². The minimum Gasteiger partial charge on any atom is -0.493 e. The number of aliphatic hydroxyl groups excluding tert-OH is 1. The number of piperidine rings is 1. The van der Waals surface area contributed by atoms with Gasteiger partial charge in [-0.2, -0.15) is 0 Å². The Labute approximate surface area is 134 Å². The highest BCUT2D eigenvalue weighted by Crippen LogP contribution is 2.29. The molecular weight excluding hydrogens is 278 g/mol. The van der Waals surface area contributed by atoms with Gasteiger partial charge in [0.25, 0.3) is 0 Å². The van der Waals surface area contributed by atoms with Crippen LogP contribution in [0.5, 0.6) is 11.5 Å². The van der Waals surface area contributed by atoms with Crippen LogP contribution in [0.3, 0.4) is 0 Å². The van der Waals surface area contributed by atoms with Crippen molar-refractivity contribution in [2.75, 3.05) is 33.4 Å². The maximum absolute atomic E-state index is 9.21. The summed E-state index contributed by atoms with van der Waals surface area (Å²) >= 11 is 0. The predicted octanol–water partition coefficient (Wildman–Crippen LogP) is 3.08. The van der Waals surface area contributed by atoms with Gasteiger partial charge in [0.15, 0.2) is 11.5 Å². The molecule has 0 amide bonds. The van der Waals surface area contributed by atoms with Gasteiger partial charge < -0.3 is 14.6 Å². The molecule has 1 aliphatic heterocycles. The molecule has 2 rings (SSSR count). The summed E-state index contributed by atoms with van der Waals surface area (Å²) in [6.45, 7) is 6.27. The minimum absolute atomic E-state index is 0.325. The van der Waals surface area contributed by atoms with Crippen molar-refractivity contribution in [1.29, 1.82) is 0 Å². The smallest absolute Gasteiger partial charge is 0.161 e. The van der Waals surface area contributed by atoms with E-state index in [0.29, 0.717) is 12.5 Å². The second kappa shape index (κ2) is 9.01. The van der Waals surface area contributed by atoms with Crippen LogP contribution in [-0.4, -0.2) is 43.4 Å². The van der Waals surface area contributed by atoms with Gasteiger partial charge in [-0.05, 0) is 56.0 Å². The first-order chi connectivity index (χ1) is 10.8. The quantitative estimate of drug-likeness (QED) is 0.750. The molecule has 4 nitrogen and oxygen atoms in total. The van der Waals surface area contributed by atoms with Crippen LogP contribution < -0.4 is 9.47 Å². The van der Waals surface area contributed by atoms with Crippen LogP contribution in [-0.2, 0) is 6.54 Å². The molecule has 4 heteroatoms. The number of rotatable bonds is 8. The molecule has 0 saturated carbocycles. The summed E-state index contributed by atoms with van der Waals surface area (Å²) in [6.07, 6.45) is 4.36. The molecule has 1 fully saturated rings. The molecule has 0 bridgehead atoms. The van der Waals surface area contributed by atoms with Gasteiger partial charge in [0.1, 0.15) is 0 Å². The van der Waals surface area contributed by atoms with Crippen LogP contribution in [0.2, 0.25) is 0 Å². The van der Waals surface area contributed by atoms with Gasteiger partial charge >= 0.3 is 0 Å². The van der Waals surface area contributed by atoms with E-state index in [2.05, 4.69) is 24.0 Å². The highest BCUT2D eigenvalue weighted by Gasteiger charge is 2.18. The Hall–Kier alpha value is -1.26. The fraction of sp³-hybridized carbons (Fsp3) is 0.667.